The van der Waals surface area contributed by atoms with E-state index in [9.17, 15) is 9.90 Å². The van der Waals surface area contributed by atoms with Gasteiger partial charge in [0.1, 0.15) is 0 Å². The number of ether oxygens (including phenoxy) is 3. The van der Waals surface area contributed by atoms with Crippen LogP contribution in [0, 0.1) is 0 Å². The van der Waals surface area contributed by atoms with Gasteiger partial charge in [0, 0.05) is 5.57 Å². The third-order valence-electron chi connectivity index (χ3n) is 4.25. The average Bonchev–Trinajstić information content (AvgIpc) is 3.03. The summed E-state index contributed by atoms with van der Waals surface area (Å²) in [6, 6.07) is 0. The van der Waals surface area contributed by atoms with Gasteiger partial charge < -0.3 is 19.3 Å². The van der Waals surface area contributed by atoms with E-state index in [4.69, 9.17) is 14.2 Å². The molecule has 0 radical (unpaired) electrons. The molecule has 134 valence electrons. The van der Waals surface area contributed by atoms with Crippen molar-refractivity contribution in [3.63, 3.8) is 0 Å². The first-order valence-corrected chi connectivity index (χ1v) is 8.53. The molecule has 0 aromatic carbocycles. The smallest absolute Gasteiger partial charge is 0.265 e. The molecule has 2 aliphatic rings. The predicted octanol–water partition coefficient (Wildman–Crippen LogP) is 3.39. The first kappa shape index (κ1) is 18.6. The summed E-state index contributed by atoms with van der Waals surface area (Å²) in [5.41, 5.74) is -0.206. The second-order valence-electron chi connectivity index (χ2n) is 6.81. The summed E-state index contributed by atoms with van der Waals surface area (Å²) in [5, 5.41) is 11.6. The Morgan fingerprint density at radius 2 is 1.75 bits per heavy atom. The minimum Gasteiger partial charge on any atom is -0.492 e. The Balaban J connectivity index is 2.70. The van der Waals surface area contributed by atoms with Crippen molar-refractivity contribution in [2.75, 3.05) is 7.11 Å². The fraction of sp³-hybridized carbons (Fsp3) is 0.632. The molecule has 0 saturated carbocycles. The summed E-state index contributed by atoms with van der Waals surface area (Å²) in [4.78, 5) is 12.8. The Morgan fingerprint density at radius 1 is 1.12 bits per heavy atom. The Labute approximate surface area is 144 Å². The maximum absolute atomic E-state index is 12.8. The molecule has 2 rings (SSSR count). The van der Waals surface area contributed by atoms with Crippen LogP contribution in [0.15, 0.2) is 34.5 Å². The molecule has 1 N–H and O–H groups in total. The van der Waals surface area contributed by atoms with Crippen LogP contribution < -0.4 is 0 Å². The molecule has 0 bridgehead atoms. The van der Waals surface area contributed by atoms with Gasteiger partial charge in [0.05, 0.1) is 19.3 Å². The molecular formula is C19H28O5. The number of rotatable bonds is 6. The largest absolute Gasteiger partial charge is 0.492 e. The lowest BCUT2D eigenvalue weighted by atomic mass is 9.78. The Hall–Kier alpha value is -1.75. The van der Waals surface area contributed by atoms with Crippen molar-refractivity contribution in [3.05, 3.63) is 34.5 Å². The molecule has 5 nitrogen and oxygen atoms in total. The van der Waals surface area contributed by atoms with Gasteiger partial charge in [-0.25, -0.2) is 0 Å². The van der Waals surface area contributed by atoms with E-state index in [0.717, 1.165) is 24.8 Å². The number of allylic oxidation sites excluding steroid dienone is 1. The van der Waals surface area contributed by atoms with E-state index in [1.165, 1.54) is 7.11 Å². The fourth-order valence-corrected chi connectivity index (χ4v) is 3.22. The predicted molar refractivity (Wildman–Crippen MR) is 91.1 cm³/mol. The first-order valence-electron chi connectivity index (χ1n) is 8.53. The highest BCUT2D eigenvalue weighted by atomic mass is 16.5. The molecule has 0 saturated heterocycles. The zero-order chi connectivity index (χ0) is 18.1. The van der Waals surface area contributed by atoms with E-state index >= 15 is 0 Å². The molecule has 2 aliphatic carbocycles. The lowest BCUT2D eigenvalue weighted by Gasteiger charge is -2.38. The van der Waals surface area contributed by atoms with Gasteiger partial charge >= 0.3 is 0 Å². The molecule has 0 unspecified atom stereocenters. The third-order valence-corrected chi connectivity index (χ3v) is 4.25. The van der Waals surface area contributed by atoms with Crippen LogP contribution in [0.3, 0.4) is 0 Å². The maximum Gasteiger partial charge on any atom is 0.265 e. The SMILES string of the molecule is COC1=C(C)[C@@](O)(C2=CCCC2)C(OC(C)C)=C(OC(C)C)C1=O. The van der Waals surface area contributed by atoms with E-state index in [1.807, 2.05) is 33.8 Å². The van der Waals surface area contributed by atoms with Gasteiger partial charge in [-0.3, -0.25) is 4.79 Å². The van der Waals surface area contributed by atoms with Crippen LogP contribution in [0.4, 0.5) is 0 Å². The molecule has 5 heteroatoms. The van der Waals surface area contributed by atoms with Gasteiger partial charge in [-0.05, 0) is 59.5 Å². The van der Waals surface area contributed by atoms with Crippen LogP contribution in [-0.2, 0) is 19.0 Å². The number of carbonyl (C=O) groups is 1. The number of methoxy groups -OCH3 is 1. The Morgan fingerprint density at radius 3 is 2.21 bits per heavy atom. The molecule has 24 heavy (non-hydrogen) atoms. The van der Waals surface area contributed by atoms with Gasteiger partial charge in [-0.1, -0.05) is 6.08 Å². The van der Waals surface area contributed by atoms with Gasteiger partial charge in [-0.2, -0.15) is 0 Å². The quantitative estimate of drug-likeness (QED) is 0.753. The number of hydrogen-bond acceptors (Lipinski definition) is 5. The standard InChI is InChI=1S/C19H28O5/c1-11(2)23-17-15(20)16(22-6)13(5)19(21,14-9-7-8-10-14)18(17)24-12(3)4/h9,11-12,21H,7-8,10H2,1-6H3/t19-/m1/s1. The minimum atomic E-state index is -1.50. The van der Waals surface area contributed by atoms with Gasteiger partial charge in [0.25, 0.3) is 5.78 Å². The van der Waals surface area contributed by atoms with Crippen LogP contribution in [0.2, 0.25) is 0 Å². The van der Waals surface area contributed by atoms with Crippen molar-refractivity contribution < 1.29 is 24.1 Å². The van der Waals surface area contributed by atoms with Crippen LogP contribution in [0.1, 0.15) is 53.9 Å². The van der Waals surface area contributed by atoms with E-state index in [1.54, 1.807) is 6.92 Å². The van der Waals surface area contributed by atoms with Gasteiger partial charge in [0.15, 0.2) is 17.1 Å². The van der Waals surface area contributed by atoms with E-state index in [0.29, 0.717) is 5.57 Å². The number of carbonyl (C=O) groups excluding carboxylic acids is 1. The zero-order valence-electron chi connectivity index (χ0n) is 15.4. The van der Waals surface area contributed by atoms with Crippen LogP contribution in [-0.4, -0.2) is 35.8 Å². The molecule has 0 spiro atoms. The molecule has 0 fully saturated rings. The maximum atomic E-state index is 12.8. The highest BCUT2D eigenvalue weighted by molar-refractivity contribution is 6.08. The molecule has 0 amide bonds. The van der Waals surface area contributed by atoms with Crippen molar-refractivity contribution in [3.8, 4) is 0 Å². The van der Waals surface area contributed by atoms with Gasteiger partial charge in [0.2, 0.25) is 5.76 Å². The minimum absolute atomic E-state index is 0.0384. The van der Waals surface area contributed by atoms with E-state index in [-0.39, 0.29) is 35.3 Å². The Kier molecular flexibility index (Phi) is 5.43. The number of Topliss-reactive ketones (excluding diaryl/α,β-unsaturated/α-hetero) is 1. The topological polar surface area (TPSA) is 65.0 Å². The molecule has 0 aromatic rings. The summed E-state index contributed by atoms with van der Waals surface area (Å²) in [7, 11) is 1.43. The summed E-state index contributed by atoms with van der Waals surface area (Å²) in [5.74, 6) is -0.0428. The summed E-state index contributed by atoms with van der Waals surface area (Å²) >= 11 is 0. The number of aliphatic hydroxyl groups is 1. The fourth-order valence-electron chi connectivity index (χ4n) is 3.22. The van der Waals surface area contributed by atoms with Crippen molar-refractivity contribution in [1.29, 1.82) is 0 Å². The van der Waals surface area contributed by atoms with Crippen LogP contribution in [0.25, 0.3) is 0 Å². The Bertz CT molecular complexity index is 609. The van der Waals surface area contributed by atoms with Crippen molar-refractivity contribution in [2.45, 2.75) is 71.7 Å². The van der Waals surface area contributed by atoms with Crippen molar-refractivity contribution >= 4 is 5.78 Å². The second-order valence-corrected chi connectivity index (χ2v) is 6.81. The lowest BCUT2D eigenvalue weighted by Crippen LogP contribution is -2.44. The van der Waals surface area contributed by atoms with E-state index in [2.05, 4.69) is 0 Å². The first-order chi connectivity index (χ1) is 11.2. The van der Waals surface area contributed by atoms with Crippen LogP contribution in [0.5, 0.6) is 0 Å². The summed E-state index contributed by atoms with van der Waals surface area (Å²) in [6.45, 7) is 9.10. The van der Waals surface area contributed by atoms with E-state index < -0.39 is 5.60 Å². The molecule has 1 atom stereocenters. The monoisotopic (exact) mass is 336 g/mol. The zero-order valence-corrected chi connectivity index (χ0v) is 15.4. The summed E-state index contributed by atoms with van der Waals surface area (Å²) < 4.78 is 17.0. The normalized spacial score (nSPS) is 24.9. The highest BCUT2D eigenvalue weighted by Gasteiger charge is 2.51. The van der Waals surface area contributed by atoms with Crippen molar-refractivity contribution in [1.82, 2.24) is 0 Å². The highest BCUT2D eigenvalue weighted by Crippen LogP contribution is 2.46. The third kappa shape index (κ3) is 3.09. The van der Waals surface area contributed by atoms with Crippen LogP contribution >= 0.6 is 0 Å². The summed E-state index contributed by atoms with van der Waals surface area (Å²) in [6.07, 6.45) is 4.20. The molecule has 0 heterocycles. The van der Waals surface area contributed by atoms with Crippen molar-refractivity contribution in [2.24, 2.45) is 0 Å². The lowest BCUT2D eigenvalue weighted by molar-refractivity contribution is -0.122. The van der Waals surface area contributed by atoms with Gasteiger partial charge in [-0.15, -0.1) is 0 Å². The number of hydrogen-bond donors (Lipinski definition) is 1. The average molecular weight is 336 g/mol. The molecule has 0 aromatic heterocycles. The number of ketones is 1. The molecular weight excluding hydrogens is 308 g/mol. The molecule has 0 aliphatic heterocycles. The second kappa shape index (κ2) is 7.01.